The molecule has 0 saturated carbocycles. The smallest absolute Gasteiger partial charge is 0.140 e. The summed E-state index contributed by atoms with van der Waals surface area (Å²) in [6, 6.07) is 27.4. The molecule has 0 radical (unpaired) electrons. The maximum absolute atomic E-state index is 2.70. The molecule has 2 aliphatic heterocycles. The van der Waals surface area contributed by atoms with Crippen molar-refractivity contribution in [3.63, 3.8) is 0 Å². The lowest BCUT2D eigenvalue weighted by molar-refractivity contribution is 0.263. The van der Waals surface area contributed by atoms with E-state index in [0.717, 1.165) is 0 Å². The Morgan fingerprint density at radius 1 is 0.625 bits per heavy atom. The lowest BCUT2D eigenvalue weighted by Gasteiger charge is -2.53. The largest absolute Gasteiger partial charge is 0.319 e. The van der Waals surface area contributed by atoms with Crippen molar-refractivity contribution >= 4 is 49.5 Å². The van der Waals surface area contributed by atoms with Gasteiger partial charge in [-0.05, 0) is 56.0 Å². The number of benzene rings is 4. The number of rotatable bonds is 0. The van der Waals surface area contributed by atoms with Crippen molar-refractivity contribution < 1.29 is 0 Å². The van der Waals surface area contributed by atoms with Gasteiger partial charge in [-0.15, -0.1) is 0 Å². The van der Waals surface area contributed by atoms with Crippen LogP contribution in [0.3, 0.4) is 0 Å². The molecule has 0 aliphatic carbocycles. The minimum absolute atomic E-state index is 0.0716. The van der Waals surface area contributed by atoms with Crippen LogP contribution < -0.4 is 10.4 Å². The number of hydrogen-bond donors (Lipinski definition) is 0. The number of anilines is 1. The van der Waals surface area contributed by atoms with Gasteiger partial charge in [-0.1, -0.05) is 94.4 Å². The van der Waals surface area contributed by atoms with Gasteiger partial charge in [-0.25, -0.2) is 0 Å². The van der Waals surface area contributed by atoms with E-state index in [1.54, 1.807) is 0 Å². The van der Waals surface area contributed by atoms with E-state index in [1.165, 1.54) is 77.2 Å². The Morgan fingerprint density at radius 2 is 1.25 bits per heavy atom. The highest BCUT2D eigenvalue weighted by molar-refractivity contribution is 6.19. The molecule has 0 N–H and O–H groups in total. The number of hydrogen-bond acceptors (Lipinski definition) is 1. The quantitative estimate of drug-likeness (QED) is 0.194. The maximum atomic E-state index is 2.70. The summed E-state index contributed by atoms with van der Waals surface area (Å²) in [6.45, 7) is 19.1. The fourth-order valence-corrected chi connectivity index (χ4v) is 7.99. The van der Waals surface area contributed by atoms with Crippen LogP contribution in [0.25, 0.3) is 43.8 Å². The molecule has 4 heterocycles. The molecule has 2 aliphatic rings. The van der Waals surface area contributed by atoms with E-state index in [1.807, 2.05) is 0 Å². The molecule has 0 saturated heterocycles. The molecule has 0 fully saturated rings. The van der Waals surface area contributed by atoms with Gasteiger partial charge in [0.2, 0.25) is 0 Å². The molecule has 6 aromatic rings. The van der Waals surface area contributed by atoms with Crippen molar-refractivity contribution in [3.05, 3.63) is 101 Å². The van der Waals surface area contributed by atoms with Gasteiger partial charge < -0.3 is 9.47 Å². The van der Waals surface area contributed by atoms with Crippen LogP contribution in [-0.4, -0.2) is 8.97 Å². The number of para-hydroxylation sites is 3. The van der Waals surface area contributed by atoms with Gasteiger partial charge in [0, 0.05) is 38.1 Å². The SMILES string of the molecule is Cc1ccc2c(c1C)N1C(=c3n(c4c(C)cccc4c4cccc5c6ccccc6n3c45)[C@H]1C)C(C)(C)C2(C)C. The average molecular weight is 524 g/mol. The van der Waals surface area contributed by atoms with Gasteiger partial charge in [0.1, 0.15) is 11.6 Å². The van der Waals surface area contributed by atoms with Crippen molar-refractivity contribution in [2.75, 3.05) is 4.90 Å². The minimum Gasteiger partial charge on any atom is -0.319 e. The molecule has 2 aromatic heterocycles. The van der Waals surface area contributed by atoms with Gasteiger partial charge in [-0.3, -0.25) is 4.40 Å². The number of aryl methyl sites for hydroxylation is 2. The van der Waals surface area contributed by atoms with Gasteiger partial charge in [0.05, 0.1) is 22.2 Å². The molecule has 0 spiro atoms. The first kappa shape index (κ1) is 23.9. The molecular formula is C37H37N3. The molecule has 3 heteroatoms. The zero-order chi connectivity index (χ0) is 27.9. The van der Waals surface area contributed by atoms with Crippen LogP contribution in [0.15, 0.2) is 72.8 Å². The van der Waals surface area contributed by atoms with E-state index < -0.39 is 0 Å². The van der Waals surface area contributed by atoms with Crippen molar-refractivity contribution in [1.29, 1.82) is 0 Å². The van der Waals surface area contributed by atoms with Crippen LogP contribution >= 0.6 is 0 Å². The second kappa shape index (κ2) is 7.40. The summed E-state index contributed by atoms with van der Waals surface area (Å²) in [7, 11) is 0. The average Bonchev–Trinajstić information content (AvgIpc) is 3.36. The van der Waals surface area contributed by atoms with E-state index in [2.05, 4.69) is 142 Å². The number of aromatic nitrogens is 2. The predicted molar refractivity (Wildman–Crippen MR) is 170 cm³/mol. The maximum Gasteiger partial charge on any atom is 0.140 e. The first-order valence-corrected chi connectivity index (χ1v) is 14.6. The van der Waals surface area contributed by atoms with E-state index in [4.69, 9.17) is 0 Å². The number of fused-ring (bicyclic) bond motifs is 11. The van der Waals surface area contributed by atoms with Crippen molar-refractivity contribution in [2.24, 2.45) is 5.41 Å². The first-order chi connectivity index (χ1) is 19.1. The topological polar surface area (TPSA) is 12.6 Å². The highest BCUT2D eigenvalue weighted by Gasteiger charge is 2.53. The predicted octanol–water partition coefficient (Wildman–Crippen LogP) is 8.87. The first-order valence-electron chi connectivity index (χ1n) is 14.6. The molecule has 0 amide bonds. The number of nitrogens with zero attached hydrogens (tertiary/aromatic N) is 3. The summed E-state index contributed by atoms with van der Waals surface area (Å²) in [5, 5.41) is 5.26. The van der Waals surface area contributed by atoms with Crippen LogP contribution in [0, 0.1) is 26.2 Å². The molecule has 4 aromatic carbocycles. The van der Waals surface area contributed by atoms with Gasteiger partial charge in [0.15, 0.2) is 0 Å². The van der Waals surface area contributed by atoms with Crippen molar-refractivity contribution in [3.8, 4) is 0 Å². The molecular weight excluding hydrogens is 486 g/mol. The van der Waals surface area contributed by atoms with E-state index in [9.17, 15) is 0 Å². The summed E-state index contributed by atoms with van der Waals surface area (Å²) < 4.78 is 5.28. The van der Waals surface area contributed by atoms with E-state index in [0.29, 0.717) is 0 Å². The molecule has 3 nitrogen and oxygen atoms in total. The van der Waals surface area contributed by atoms with Gasteiger partial charge in [0.25, 0.3) is 0 Å². The monoisotopic (exact) mass is 523 g/mol. The molecule has 1 atom stereocenters. The lowest BCUT2D eigenvalue weighted by atomic mass is 9.59. The zero-order valence-corrected chi connectivity index (χ0v) is 24.8. The summed E-state index contributed by atoms with van der Waals surface area (Å²) in [4.78, 5) is 2.70. The van der Waals surface area contributed by atoms with Crippen LogP contribution in [-0.2, 0) is 5.41 Å². The summed E-state index contributed by atoms with van der Waals surface area (Å²) in [5.41, 5.74) is 13.3. The van der Waals surface area contributed by atoms with Crippen molar-refractivity contribution in [2.45, 2.75) is 67.0 Å². The van der Waals surface area contributed by atoms with E-state index >= 15 is 0 Å². The Morgan fingerprint density at radius 3 is 2.00 bits per heavy atom. The van der Waals surface area contributed by atoms with Crippen LogP contribution in [0.5, 0.6) is 0 Å². The van der Waals surface area contributed by atoms with Gasteiger partial charge >= 0.3 is 0 Å². The third-order valence-electron chi connectivity index (χ3n) is 10.9. The Kier molecular flexibility index (Phi) is 4.41. The van der Waals surface area contributed by atoms with Crippen LogP contribution in [0.2, 0.25) is 0 Å². The fraction of sp³-hybridized carbons (Fsp3) is 0.297. The Balaban J connectivity index is 1.78. The highest BCUT2D eigenvalue weighted by atomic mass is 15.4. The Bertz CT molecular complexity index is 2170. The van der Waals surface area contributed by atoms with E-state index in [-0.39, 0.29) is 17.0 Å². The molecule has 0 bridgehead atoms. The minimum atomic E-state index is -0.139. The highest BCUT2D eigenvalue weighted by Crippen LogP contribution is 2.59. The second-order valence-electron chi connectivity index (χ2n) is 13.2. The zero-order valence-electron chi connectivity index (χ0n) is 24.8. The van der Waals surface area contributed by atoms with Gasteiger partial charge in [-0.2, -0.15) is 0 Å². The van der Waals surface area contributed by atoms with Crippen LogP contribution in [0.4, 0.5) is 5.69 Å². The Hall–Kier alpha value is -3.98. The second-order valence-corrected chi connectivity index (χ2v) is 13.2. The normalized spacial score (nSPS) is 19.1. The standard InChI is InChI=1S/C37H37N3/c1-21-19-20-29-32(23(21)3)38-24(4)39-31-22(2)13-11-15-27(31)28-17-12-16-26-25-14-9-10-18-30(25)40(33(26)28)35(39)34(38)37(7,8)36(29,5)6/h9-20,24H,1-8H3/t24-/m0/s1. The van der Waals surface area contributed by atoms with Crippen LogP contribution in [0.1, 0.15) is 63.0 Å². The van der Waals surface area contributed by atoms with Crippen molar-refractivity contribution in [1.82, 2.24) is 8.97 Å². The molecule has 8 rings (SSSR count). The third kappa shape index (κ3) is 2.53. The summed E-state index contributed by atoms with van der Waals surface area (Å²) >= 11 is 0. The molecule has 200 valence electrons. The molecule has 0 unspecified atom stereocenters. The lowest BCUT2D eigenvalue weighted by Crippen LogP contribution is -2.49. The fourth-order valence-electron chi connectivity index (χ4n) is 7.99. The molecule has 40 heavy (non-hydrogen) atoms. The Labute approximate surface area is 236 Å². The summed E-state index contributed by atoms with van der Waals surface area (Å²) in [6.07, 6.45) is 0.116. The summed E-state index contributed by atoms with van der Waals surface area (Å²) in [5.74, 6) is 0. The third-order valence-corrected chi connectivity index (χ3v) is 10.9.